The summed E-state index contributed by atoms with van der Waals surface area (Å²) in [6.07, 6.45) is 7.06. The van der Waals surface area contributed by atoms with Gasteiger partial charge >= 0.3 is 0 Å². The Kier molecular flexibility index (Phi) is 12.2. The monoisotopic (exact) mass is 478 g/mol. The van der Waals surface area contributed by atoms with Gasteiger partial charge in [-0.1, -0.05) is 34.7 Å². The van der Waals surface area contributed by atoms with E-state index in [1.54, 1.807) is 23.9 Å². The maximum absolute atomic E-state index is 7.76. The number of allylic oxidation sites excluding steroid dienone is 2. The van der Waals surface area contributed by atoms with Crippen molar-refractivity contribution in [3.8, 4) is 0 Å². The zero-order valence-corrected chi connectivity index (χ0v) is 17.6. The van der Waals surface area contributed by atoms with E-state index in [1.807, 2.05) is 0 Å². The van der Waals surface area contributed by atoms with Crippen LogP contribution in [-0.2, 0) is 0 Å². The molecule has 0 rings (SSSR count). The number of nitrogens with one attached hydrogen (secondary N) is 6. The van der Waals surface area contributed by atoms with Crippen LogP contribution in [0.3, 0.4) is 0 Å². The zero-order chi connectivity index (χ0) is 20.1. The summed E-state index contributed by atoms with van der Waals surface area (Å²) in [7, 11) is 3.58. The first-order valence-electron chi connectivity index (χ1n) is 8.21. The largest absolute Gasteiger partial charge is 0.370 e. The van der Waals surface area contributed by atoms with Crippen LogP contribution >= 0.6 is 22.6 Å². The first-order valence-corrected chi connectivity index (χ1v) is 9.74. The van der Waals surface area contributed by atoms with Crippen LogP contribution in [0.5, 0.6) is 0 Å². The molecule has 1 unspecified atom stereocenters. The molecule has 148 valence electrons. The third-order valence-corrected chi connectivity index (χ3v) is 4.71. The Balaban J connectivity index is 4.12. The Morgan fingerprint density at radius 3 is 1.96 bits per heavy atom. The highest BCUT2D eigenvalue weighted by atomic mass is 127. The van der Waals surface area contributed by atoms with E-state index in [1.165, 1.54) is 0 Å². The number of guanidine groups is 4. The van der Waals surface area contributed by atoms with Crippen LogP contribution in [0.15, 0.2) is 12.2 Å². The summed E-state index contributed by atoms with van der Waals surface area (Å²) in [5.41, 5.74) is 10.4. The van der Waals surface area contributed by atoms with Crippen LogP contribution in [0.4, 0.5) is 0 Å². The van der Waals surface area contributed by atoms with Crippen LogP contribution in [-0.4, -0.2) is 65.3 Å². The van der Waals surface area contributed by atoms with Crippen LogP contribution in [0, 0.1) is 27.6 Å². The maximum atomic E-state index is 7.76. The van der Waals surface area contributed by atoms with E-state index in [2.05, 4.69) is 45.4 Å². The van der Waals surface area contributed by atoms with E-state index in [9.17, 15) is 0 Å². The topological polar surface area (TPSA) is 178 Å². The molecular formula is C15H31IN10. The molecule has 0 aromatic rings. The number of alkyl halides is 1. The average Bonchev–Trinajstić information content (AvgIpc) is 2.55. The third kappa shape index (κ3) is 11.5. The van der Waals surface area contributed by atoms with E-state index >= 15 is 0 Å². The molecule has 0 amide bonds. The van der Waals surface area contributed by atoms with Gasteiger partial charge in [-0.3, -0.25) is 32.3 Å². The molecule has 10 nitrogen and oxygen atoms in total. The summed E-state index contributed by atoms with van der Waals surface area (Å²) in [5, 5.41) is 34.7. The maximum Gasteiger partial charge on any atom is 0.197 e. The van der Waals surface area contributed by atoms with Crippen molar-refractivity contribution in [2.24, 2.45) is 17.4 Å². The Labute approximate surface area is 168 Å². The van der Waals surface area contributed by atoms with Crippen molar-refractivity contribution in [1.29, 1.82) is 21.6 Å². The lowest BCUT2D eigenvalue weighted by molar-refractivity contribution is 0.446. The van der Waals surface area contributed by atoms with E-state index in [-0.39, 0.29) is 23.8 Å². The van der Waals surface area contributed by atoms with Gasteiger partial charge in [0.15, 0.2) is 23.8 Å². The molecule has 0 aliphatic rings. The fraction of sp³-hybridized carbons (Fsp3) is 0.600. The normalized spacial score (nSPS) is 11.7. The second kappa shape index (κ2) is 13.2. The van der Waals surface area contributed by atoms with Crippen molar-refractivity contribution < 1.29 is 0 Å². The molecule has 0 aliphatic carbocycles. The molecule has 0 heterocycles. The highest BCUT2D eigenvalue weighted by Crippen LogP contribution is 2.11. The molecule has 0 aromatic heterocycles. The van der Waals surface area contributed by atoms with Gasteiger partial charge in [-0.05, 0) is 25.2 Å². The van der Waals surface area contributed by atoms with E-state index in [0.717, 1.165) is 23.7 Å². The summed E-state index contributed by atoms with van der Waals surface area (Å²) in [6.45, 7) is 1.41. The van der Waals surface area contributed by atoms with Crippen molar-refractivity contribution in [1.82, 2.24) is 20.4 Å². The van der Waals surface area contributed by atoms with Crippen molar-refractivity contribution in [2.75, 3.05) is 31.6 Å². The summed E-state index contributed by atoms with van der Waals surface area (Å²) in [4.78, 5) is 3.45. The quantitative estimate of drug-likeness (QED) is 0.0596. The van der Waals surface area contributed by atoms with Crippen LogP contribution in [0.2, 0.25) is 0 Å². The molecule has 0 saturated carbocycles. The molecule has 0 radical (unpaired) electrons. The SMILES string of the molecule is CN(CCC/C=C\C(CI)CCN(C)C(=N)NC(=N)N)C(=N)NC(=N)N. The van der Waals surface area contributed by atoms with Gasteiger partial charge in [-0.2, -0.15) is 0 Å². The first kappa shape index (κ1) is 23.9. The number of hydrogen-bond acceptors (Lipinski definition) is 4. The highest BCUT2D eigenvalue weighted by Gasteiger charge is 2.09. The number of hydrogen-bond donors (Lipinski definition) is 8. The van der Waals surface area contributed by atoms with Gasteiger partial charge < -0.3 is 21.3 Å². The minimum atomic E-state index is -0.233. The second-order valence-corrected chi connectivity index (χ2v) is 6.77. The lowest BCUT2D eigenvalue weighted by atomic mass is 10.1. The predicted molar refractivity (Wildman–Crippen MR) is 116 cm³/mol. The van der Waals surface area contributed by atoms with Crippen molar-refractivity contribution in [2.45, 2.75) is 19.3 Å². The molecule has 0 saturated heterocycles. The number of unbranched alkanes of at least 4 members (excludes halogenated alkanes) is 1. The Morgan fingerprint density at radius 1 is 1.00 bits per heavy atom. The minimum Gasteiger partial charge on any atom is -0.370 e. The Hall–Kier alpha value is -2.05. The first-order chi connectivity index (χ1) is 12.2. The lowest BCUT2D eigenvalue weighted by Crippen LogP contribution is -2.44. The average molecular weight is 478 g/mol. The van der Waals surface area contributed by atoms with Gasteiger partial charge in [0.1, 0.15) is 0 Å². The molecule has 0 spiro atoms. The molecule has 11 heteroatoms. The summed E-state index contributed by atoms with van der Waals surface area (Å²) in [6, 6.07) is 0. The van der Waals surface area contributed by atoms with Gasteiger partial charge in [-0.15, -0.1) is 0 Å². The van der Waals surface area contributed by atoms with Gasteiger partial charge in [-0.25, -0.2) is 0 Å². The third-order valence-electron chi connectivity index (χ3n) is 3.58. The summed E-state index contributed by atoms with van der Waals surface area (Å²) < 4.78 is 0.989. The zero-order valence-electron chi connectivity index (χ0n) is 15.4. The standard InChI is InChI=1S/C15H31IN10/c1-25(14(21)23-12(17)18)8-5-3-4-6-11(10-16)7-9-26(2)15(22)24-13(19)20/h4,6,11H,3,5,7-10H2,1-2H3,(H5,17,18,21,23)(H5,19,20,22,24)/b6-4-. The van der Waals surface area contributed by atoms with E-state index in [0.29, 0.717) is 19.0 Å². The molecule has 10 N–H and O–H groups in total. The molecular weight excluding hydrogens is 447 g/mol. The van der Waals surface area contributed by atoms with Crippen LogP contribution in [0.1, 0.15) is 19.3 Å². The van der Waals surface area contributed by atoms with Gasteiger partial charge in [0, 0.05) is 31.6 Å². The number of rotatable bonds is 9. The van der Waals surface area contributed by atoms with E-state index < -0.39 is 0 Å². The molecule has 26 heavy (non-hydrogen) atoms. The fourth-order valence-corrected chi connectivity index (χ4v) is 2.72. The van der Waals surface area contributed by atoms with Crippen molar-refractivity contribution in [3.63, 3.8) is 0 Å². The van der Waals surface area contributed by atoms with Gasteiger partial charge in [0.05, 0.1) is 0 Å². The van der Waals surface area contributed by atoms with Gasteiger partial charge in [0.25, 0.3) is 0 Å². The molecule has 1 atom stereocenters. The number of nitrogens with two attached hydrogens (primary N) is 2. The van der Waals surface area contributed by atoms with E-state index in [4.69, 9.17) is 33.1 Å². The summed E-state index contributed by atoms with van der Waals surface area (Å²) >= 11 is 2.36. The lowest BCUT2D eigenvalue weighted by Gasteiger charge is -2.21. The van der Waals surface area contributed by atoms with Crippen molar-refractivity contribution in [3.05, 3.63) is 12.2 Å². The molecule has 0 fully saturated rings. The van der Waals surface area contributed by atoms with Crippen LogP contribution < -0.4 is 22.1 Å². The predicted octanol–water partition coefficient (Wildman–Crippen LogP) is 0.463. The summed E-state index contributed by atoms with van der Waals surface area (Å²) in [5.74, 6) is 0.195. The number of halogens is 1. The van der Waals surface area contributed by atoms with Crippen molar-refractivity contribution >= 4 is 46.4 Å². The smallest absolute Gasteiger partial charge is 0.197 e. The second-order valence-electron chi connectivity index (χ2n) is 5.89. The Morgan fingerprint density at radius 2 is 1.50 bits per heavy atom. The van der Waals surface area contributed by atoms with Crippen LogP contribution in [0.25, 0.3) is 0 Å². The number of nitrogens with zero attached hydrogens (tertiary/aromatic N) is 2. The molecule has 0 aliphatic heterocycles. The van der Waals surface area contributed by atoms with Gasteiger partial charge in [0.2, 0.25) is 0 Å². The fourth-order valence-electron chi connectivity index (χ4n) is 1.99. The highest BCUT2D eigenvalue weighted by molar-refractivity contribution is 14.1. The molecule has 0 bridgehead atoms. The molecule has 0 aromatic carbocycles. The Bertz CT molecular complexity index is 519. The minimum absolute atomic E-state index is 0.122.